The van der Waals surface area contributed by atoms with Crippen molar-refractivity contribution in [2.24, 2.45) is 0 Å². The lowest BCUT2D eigenvalue weighted by atomic mass is 9.99. The maximum Gasteiger partial charge on any atom is 0.106 e. The number of rotatable bonds is 3. The molecule has 0 aliphatic heterocycles. The van der Waals surface area contributed by atoms with Gasteiger partial charge in [-0.1, -0.05) is 37.3 Å². The van der Waals surface area contributed by atoms with Gasteiger partial charge in [-0.3, -0.25) is 0 Å². The molecule has 1 aromatic heterocycles. The first kappa shape index (κ1) is 11.7. The Balaban J connectivity index is 2.43. The molecule has 1 aromatic carbocycles. The first-order valence-electron chi connectivity index (χ1n) is 5.78. The molecule has 0 aliphatic carbocycles. The summed E-state index contributed by atoms with van der Waals surface area (Å²) in [6.07, 6.45) is 0.146. The van der Waals surface area contributed by atoms with Gasteiger partial charge in [0.2, 0.25) is 0 Å². The van der Waals surface area contributed by atoms with E-state index in [1.165, 1.54) is 0 Å². The molecule has 88 valence electrons. The normalized spacial score (nSPS) is 12.4. The fourth-order valence-corrected chi connectivity index (χ4v) is 1.86. The Morgan fingerprint density at radius 3 is 2.53 bits per heavy atom. The van der Waals surface area contributed by atoms with Crippen molar-refractivity contribution in [2.75, 3.05) is 0 Å². The van der Waals surface area contributed by atoms with E-state index in [0.717, 1.165) is 28.9 Å². The maximum atomic E-state index is 10.4. The zero-order valence-electron chi connectivity index (χ0n) is 10.1. The zero-order chi connectivity index (χ0) is 12.3. The van der Waals surface area contributed by atoms with Gasteiger partial charge in [-0.15, -0.1) is 0 Å². The topological polar surface area (TPSA) is 46.0 Å². The van der Waals surface area contributed by atoms with Crippen molar-refractivity contribution in [1.82, 2.24) is 10.2 Å². The van der Waals surface area contributed by atoms with E-state index in [0.29, 0.717) is 0 Å². The number of aliphatic hydroxyl groups excluding tert-OH is 1. The van der Waals surface area contributed by atoms with Gasteiger partial charge in [0.1, 0.15) is 6.10 Å². The Hall–Kier alpha value is -1.74. The summed E-state index contributed by atoms with van der Waals surface area (Å²) in [4.78, 5) is 0. The summed E-state index contributed by atoms with van der Waals surface area (Å²) in [6.45, 7) is 3.90. The third-order valence-electron chi connectivity index (χ3n) is 2.77. The molecular formula is C14H16N2O. The van der Waals surface area contributed by atoms with Crippen molar-refractivity contribution in [3.05, 3.63) is 58.9 Å². The largest absolute Gasteiger partial charge is 0.384 e. The molecule has 2 rings (SSSR count). The predicted molar refractivity (Wildman–Crippen MR) is 66.7 cm³/mol. The summed E-state index contributed by atoms with van der Waals surface area (Å²) < 4.78 is 0. The fourth-order valence-electron chi connectivity index (χ4n) is 1.86. The lowest BCUT2D eigenvalue weighted by molar-refractivity contribution is 0.218. The molecule has 0 spiro atoms. The Bertz CT molecular complexity index is 497. The van der Waals surface area contributed by atoms with Gasteiger partial charge in [-0.2, -0.15) is 10.2 Å². The minimum absolute atomic E-state index is 0.625. The number of aromatic nitrogens is 2. The second-order valence-corrected chi connectivity index (χ2v) is 4.05. The summed E-state index contributed by atoms with van der Waals surface area (Å²) >= 11 is 0. The van der Waals surface area contributed by atoms with Crippen LogP contribution in [0.25, 0.3) is 0 Å². The third-order valence-corrected chi connectivity index (χ3v) is 2.77. The Labute approximate surface area is 101 Å². The molecule has 17 heavy (non-hydrogen) atoms. The second-order valence-electron chi connectivity index (χ2n) is 4.05. The van der Waals surface area contributed by atoms with Gasteiger partial charge in [0, 0.05) is 5.56 Å². The van der Waals surface area contributed by atoms with Crippen LogP contribution < -0.4 is 0 Å². The van der Waals surface area contributed by atoms with Crippen LogP contribution in [0.4, 0.5) is 0 Å². The van der Waals surface area contributed by atoms with Crippen LogP contribution in [0.15, 0.2) is 36.4 Å². The number of hydrogen-bond donors (Lipinski definition) is 1. The smallest absolute Gasteiger partial charge is 0.106 e. The summed E-state index contributed by atoms with van der Waals surface area (Å²) in [5.74, 6) is 0. The van der Waals surface area contributed by atoms with E-state index in [4.69, 9.17) is 0 Å². The molecule has 0 radical (unpaired) electrons. The van der Waals surface area contributed by atoms with Crippen LogP contribution in [0.1, 0.15) is 35.5 Å². The van der Waals surface area contributed by atoms with Gasteiger partial charge in [0.25, 0.3) is 0 Å². The van der Waals surface area contributed by atoms with Crippen molar-refractivity contribution in [3.8, 4) is 0 Å². The fraction of sp³-hybridized carbons (Fsp3) is 0.286. The van der Waals surface area contributed by atoms with Crippen molar-refractivity contribution in [2.45, 2.75) is 26.4 Å². The molecule has 0 saturated heterocycles. The van der Waals surface area contributed by atoms with Crippen LogP contribution in [0.5, 0.6) is 0 Å². The first-order chi connectivity index (χ1) is 8.22. The van der Waals surface area contributed by atoms with Gasteiger partial charge in [0.05, 0.1) is 11.4 Å². The van der Waals surface area contributed by atoms with Gasteiger partial charge in [-0.25, -0.2) is 0 Å². The molecule has 3 heteroatoms. The minimum Gasteiger partial charge on any atom is -0.384 e. The highest BCUT2D eigenvalue weighted by Gasteiger charge is 2.15. The average molecular weight is 228 g/mol. The molecule has 0 amide bonds. The Kier molecular flexibility index (Phi) is 3.49. The van der Waals surface area contributed by atoms with Crippen LogP contribution in [0, 0.1) is 6.92 Å². The van der Waals surface area contributed by atoms with Crippen molar-refractivity contribution in [3.63, 3.8) is 0 Å². The van der Waals surface area contributed by atoms with Crippen LogP contribution in [-0.4, -0.2) is 15.3 Å². The predicted octanol–water partition coefficient (Wildman–Crippen LogP) is 2.43. The van der Waals surface area contributed by atoms with Crippen LogP contribution >= 0.6 is 0 Å². The third kappa shape index (κ3) is 2.50. The highest BCUT2D eigenvalue weighted by atomic mass is 16.3. The number of aliphatic hydroxyl groups is 1. The van der Waals surface area contributed by atoms with Crippen molar-refractivity contribution >= 4 is 0 Å². The molecular weight excluding hydrogens is 212 g/mol. The van der Waals surface area contributed by atoms with Crippen LogP contribution in [0.3, 0.4) is 0 Å². The molecule has 1 unspecified atom stereocenters. The highest BCUT2D eigenvalue weighted by Crippen LogP contribution is 2.24. The average Bonchev–Trinajstić information content (AvgIpc) is 2.39. The van der Waals surface area contributed by atoms with E-state index < -0.39 is 6.10 Å². The lowest BCUT2D eigenvalue weighted by Crippen LogP contribution is -2.07. The summed E-state index contributed by atoms with van der Waals surface area (Å²) in [5.41, 5.74) is 3.42. The standard InChI is InChI=1S/C14H16N2O/c1-3-13-12(9-10(2)15-16-13)14(17)11-7-5-4-6-8-11/h4-9,14,17H,3H2,1-2H3. The molecule has 2 aromatic rings. The minimum atomic E-state index is -0.625. The molecule has 0 fully saturated rings. The molecule has 1 N–H and O–H groups in total. The first-order valence-corrected chi connectivity index (χ1v) is 5.78. The van der Waals surface area contributed by atoms with Crippen LogP contribution in [0.2, 0.25) is 0 Å². The van der Waals surface area contributed by atoms with E-state index in [2.05, 4.69) is 10.2 Å². The molecule has 1 heterocycles. The molecule has 3 nitrogen and oxygen atoms in total. The number of benzene rings is 1. The van der Waals surface area contributed by atoms with Crippen LogP contribution in [-0.2, 0) is 6.42 Å². The number of aryl methyl sites for hydroxylation is 2. The highest BCUT2D eigenvalue weighted by molar-refractivity contribution is 5.32. The summed E-state index contributed by atoms with van der Waals surface area (Å²) in [7, 11) is 0. The second kappa shape index (κ2) is 5.06. The molecule has 1 atom stereocenters. The SMILES string of the molecule is CCc1nnc(C)cc1C(O)c1ccccc1. The Morgan fingerprint density at radius 1 is 1.18 bits per heavy atom. The van der Waals surface area contributed by atoms with Gasteiger partial charge < -0.3 is 5.11 Å². The van der Waals surface area contributed by atoms with Crippen molar-refractivity contribution in [1.29, 1.82) is 0 Å². The molecule has 0 aliphatic rings. The Morgan fingerprint density at radius 2 is 1.88 bits per heavy atom. The molecule has 0 saturated carbocycles. The van der Waals surface area contributed by atoms with E-state index in [1.54, 1.807) is 0 Å². The molecule has 0 bridgehead atoms. The van der Waals surface area contributed by atoms with E-state index in [1.807, 2.05) is 50.2 Å². The lowest BCUT2D eigenvalue weighted by Gasteiger charge is -2.14. The summed E-state index contributed by atoms with van der Waals surface area (Å²) in [5, 5.41) is 18.5. The number of nitrogens with zero attached hydrogens (tertiary/aromatic N) is 2. The summed E-state index contributed by atoms with van der Waals surface area (Å²) in [6, 6.07) is 11.5. The zero-order valence-corrected chi connectivity index (χ0v) is 10.1. The van der Waals surface area contributed by atoms with E-state index in [-0.39, 0.29) is 0 Å². The maximum absolute atomic E-state index is 10.4. The van der Waals surface area contributed by atoms with Gasteiger partial charge in [0.15, 0.2) is 0 Å². The van der Waals surface area contributed by atoms with Gasteiger partial charge >= 0.3 is 0 Å². The van der Waals surface area contributed by atoms with E-state index >= 15 is 0 Å². The van der Waals surface area contributed by atoms with Crippen molar-refractivity contribution < 1.29 is 5.11 Å². The quantitative estimate of drug-likeness (QED) is 0.877. The van der Waals surface area contributed by atoms with E-state index in [9.17, 15) is 5.11 Å². The monoisotopic (exact) mass is 228 g/mol. The number of hydrogen-bond acceptors (Lipinski definition) is 3. The van der Waals surface area contributed by atoms with Gasteiger partial charge in [-0.05, 0) is 25.0 Å².